The number of para-hydroxylation sites is 2. The van der Waals surface area contributed by atoms with Gasteiger partial charge in [0.15, 0.2) is 5.96 Å². The average Bonchev–Trinajstić information content (AvgIpc) is 3.05. The average molecular weight is 516 g/mol. The first kappa shape index (κ1) is 25.0. The number of ether oxygens (including phenoxy) is 1. The Morgan fingerprint density at radius 3 is 2.45 bits per heavy atom. The van der Waals surface area contributed by atoms with Gasteiger partial charge >= 0.3 is 6.09 Å². The van der Waals surface area contributed by atoms with Crippen LogP contribution in [0, 0.1) is 0 Å². The molecule has 0 unspecified atom stereocenters. The third kappa shape index (κ3) is 9.33. The van der Waals surface area contributed by atoms with Crippen molar-refractivity contribution in [3.05, 3.63) is 30.6 Å². The number of imidazole rings is 1. The molecule has 162 valence electrons. The molecule has 3 N–H and O–H groups in total. The van der Waals surface area contributed by atoms with E-state index in [2.05, 4.69) is 36.6 Å². The van der Waals surface area contributed by atoms with E-state index in [0.29, 0.717) is 13.1 Å². The van der Waals surface area contributed by atoms with Gasteiger partial charge in [-0.2, -0.15) is 0 Å². The number of carbonyl (C=O) groups is 1. The molecule has 0 saturated heterocycles. The van der Waals surface area contributed by atoms with Gasteiger partial charge in [0.05, 0.1) is 17.4 Å². The summed E-state index contributed by atoms with van der Waals surface area (Å²) in [4.78, 5) is 20.2. The Morgan fingerprint density at radius 1 is 1.10 bits per heavy atom. The molecule has 0 bridgehead atoms. The van der Waals surface area contributed by atoms with Gasteiger partial charge in [-0.1, -0.05) is 12.1 Å². The van der Waals surface area contributed by atoms with Crippen molar-refractivity contribution in [3.8, 4) is 0 Å². The van der Waals surface area contributed by atoms with Gasteiger partial charge in [0.1, 0.15) is 5.60 Å². The van der Waals surface area contributed by atoms with Crippen LogP contribution in [0.25, 0.3) is 11.0 Å². The maximum atomic E-state index is 11.6. The quantitative estimate of drug-likeness (QED) is 0.217. The Kier molecular flexibility index (Phi) is 10.8. The maximum Gasteiger partial charge on any atom is 0.407 e. The number of benzene rings is 1. The highest BCUT2D eigenvalue weighted by Gasteiger charge is 2.15. The summed E-state index contributed by atoms with van der Waals surface area (Å²) in [6, 6.07) is 8.14. The Hall–Kier alpha value is -2.04. The summed E-state index contributed by atoms with van der Waals surface area (Å²) < 4.78 is 7.36. The van der Waals surface area contributed by atoms with E-state index < -0.39 is 5.60 Å². The molecule has 0 spiro atoms. The predicted molar refractivity (Wildman–Crippen MR) is 128 cm³/mol. The molecule has 0 aliphatic rings. The minimum absolute atomic E-state index is 0. The molecule has 1 heterocycles. The number of nitrogens with one attached hydrogen (secondary N) is 3. The molecule has 0 fully saturated rings. The Morgan fingerprint density at radius 2 is 1.76 bits per heavy atom. The second-order valence-electron chi connectivity index (χ2n) is 7.49. The molecule has 29 heavy (non-hydrogen) atoms. The summed E-state index contributed by atoms with van der Waals surface area (Å²) in [6.07, 6.45) is 3.24. The number of nitrogens with zero attached hydrogens (tertiary/aromatic N) is 3. The van der Waals surface area contributed by atoms with Crippen LogP contribution in [0.15, 0.2) is 35.6 Å². The van der Waals surface area contributed by atoms with E-state index in [9.17, 15) is 4.79 Å². The lowest BCUT2D eigenvalue weighted by Gasteiger charge is -2.19. The normalized spacial score (nSPS) is 11.7. The smallest absolute Gasteiger partial charge is 0.407 e. The van der Waals surface area contributed by atoms with Gasteiger partial charge in [-0.15, -0.1) is 24.0 Å². The molecule has 8 nitrogen and oxygen atoms in total. The van der Waals surface area contributed by atoms with E-state index in [4.69, 9.17) is 4.74 Å². The van der Waals surface area contributed by atoms with Gasteiger partial charge in [-0.05, 0) is 45.7 Å². The number of aryl methyl sites for hydroxylation is 1. The summed E-state index contributed by atoms with van der Waals surface area (Å²) in [7, 11) is 1.75. The van der Waals surface area contributed by atoms with Crippen molar-refractivity contribution in [2.24, 2.45) is 4.99 Å². The minimum Gasteiger partial charge on any atom is -0.444 e. The molecule has 1 amide bonds. The van der Waals surface area contributed by atoms with Crippen LogP contribution in [0.4, 0.5) is 4.79 Å². The minimum atomic E-state index is -0.475. The fourth-order valence-electron chi connectivity index (χ4n) is 2.67. The highest BCUT2D eigenvalue weighted by molar-refractivity contribution is 14.0. The first-order chi connectivity index (χ1) is 13.4. The zero-order valence-electron chi connectivity index (χ0n) is 17.7. The number of fused-ring (bicyclic) bond motifs is 1. The van der Waals surface area contributed by atoms with Crippen molar-refractivity contribution in [3.63, 3.8) is 0 Å². The van der Waals surface area contributed by atoms with Gasteiger partial charge in [-0.25, -0.2) is 9.78 Å². The molecular formula is C20H33IN6O2. The summed E-state index contributed by atoms with van der Waals surface area (Å²) in [6.45, 7) is 8.50. The Labute approximate surface area is 189 Å². The van der Waals surface area contributed by atoms with Crippen molar-refractivity contribution < 1.29 is 9.53 Å². The fourth-order valence-corrected chi connectivity index (χ4v) is 2.67. The van der Waals surface area contributed by atoms with Gasteiger partial charge < -0.3 is 25.3 Å². The monoisotopic (exact) mass is 516 g/mol. The van der Waals surface area contributed by atoms with Crippen LogP contribution in [0.2, 0.25) is 0 Å². The molecule has 2 aromatic rings. The molecule has 2 rings (SSSR count). The molecule has 1 aromatic carbocycles. The first-order valence-corrected chi connectivity index (χ1v) is 9.70. The van der Waals surface area contributed by atoms with Crippen molar-refractivity contribution in [2.45, 2.75) is 45.8 Å². The van der Waals surface area contributed by atoms with Crippen LogP contribution in [-0.4, -0.2) is 53.9 Å². The van der Waals surface area contributed by atoms with Crippen molar-refractivity contribution in [2.75, 3.05) is 26.7 Å². The highest BCUT2D eigenvalue weighted by atomic mass is 127. The largest absolute Gasteiger partial charge is 0.444 e. The number of carbonyl (C=O) groups excluding carboxylic acids is 1. The van der Waals surface area contributed by atoms with Crippen LogP contribution < -0.4 is 16.0 Å². The molecule has 9 heteroatoms. The van der Waals surface area contributed by atoms with E-state index in [1.807, 2.05) is 45.3 Å². The zero-order valence-corrected chi connectivity index (χ0v) is 20.0. The third-order valence-electron chi connectivity index (χ3n) is 3.93. The Balaban J connectivity index is 0.00000420. The molecular weight excluding hydrogens is 483 g/mol. The predicted octanol–water partition coefficient (Wildman–Crippen LogP) is 3.12. The van der Waals surface area contributed by atoms with Crippen LogP contribution in [0.3, 0.4) is 0 Å². The van der Waals surface area contributed by atoms with Crippen molar-refractivity contribution in [1.29, 1.82) is 0 Å². The van der Waals surface area contributed by atoms with Crippen LogP contribution >= 0.6 is 24.0 Å². The lowest BCUT2D eigenvalue weighted by atomic mass is 10.2. The van der Waals surface area contributed by atoms with E-state index in [1.165, 1.54) is 0 Å². The van der Waals surface area contributed by atoms with E-state index >= 15 is 0 Å². The number of alkyl carbamates (subject to hydrolysis) is 1. The van der Waals surface area contributed by atoms with E-state index in [1.54, 1.807) is 7.05 Å². The molecule has 0 atom stereocenters. The van der Waals surface area contributed by atoms with Gasteiger partial charge in [0.25, 0.3) is 0 Å². The van der Waals surface area contributed by atoms with Crippen molar-refractivity contribution >= 4 is 47.1 Å². The fraction of sp³-hybridized carbons (Fsp3) is 0.550. The van der Waals surface area contributed by atoms with Crippen LogP contribution in [-0.2, 0) is 11.3 Å². The molecule has 1 aromatic heterocycles. The second kappa shape index (κ2) is 12.5. The van der Waals surface area contributed by atoms with Gasteiger partial charge in [-0.3, -0.25) is 4.99 Å². The number of hydrogen-bond donors (Lipinski definition) is 3. The van der Waals surface area contributed by atoms with Crippen molar-refractivity contribution in [1.82, 2.24) is 25.5 Å². The maximum absolute atomic E-state index is 11.6. The zero-order chi connectivity index (χ0) is 20.4. The summed E-state index contributed by atoms with van der Waals surface area (Å²) in [5.74, 6) is 0.757. The standard InChI is InChI=1S/C20H32N6O2.HI/c1-20(2,3)28-19(27)24-12-7-11-22-18(21-4)23-13-8-14-26-15-25-16-9-5-6-10-17(16)26;/h5-6,9-10,15H,7-8,11-14H2,1-4H3,(H,24,27)(H2,21,22,23);1H. The molecule has 0 radical (unpaired) electrons. The number of guanidine groups is 1. The third-order valence-corrected chi connectivity index (χ3v) is 3.93. The number of aliphatic imine (C=N–C) groups is 1. The topological polar surface area (TPSA) is 92.6 Å². The number of aromatic nitrogens is 2. The van der Waals surface area contributed by atoms with Crippen LogP contribution in [0.1, 0.15) is 33.6 Å². The van der Waals surface area contributed by atoms with Crippen LogP contribution in [0.5, 0.6) is 0 Å². The molecule has 0 aliphatic heterocycles. The van der Waals surface area contributed by atoms with Gasteiger partial charge in [0.2, 0.25) is 0 Å². The number of hydrogen-bond acceptors (Lipinski definition) is 4. The lowest BCUT2D eigenvalue weighted by Crippen LogP contribution is -2.39. The van der Waals surface area contributed by atoms with Gasteiger partial charge in [0, 0.05) is 33.2 Å². The lowest BCUT2D eigenvalue weighted by molar-refractivity contribution is 0.0527. The Bertz CT molecular complexity index is 785. The number of amides is 1. The second-order valence-corrected chi connectivity index (χ2v) is 7.49. The molecule has 0 saturated carbocycles. The SMILES string of the molecule is CN=C(NCCCNC(=O)OC(C)(C)C)NCCCn1cnc2ccccc21.I. The highest BCUT2D eigenvalue weighted by Crippen LogP contribution is 2.11. The molecule has 0 aliphatic carbocycles. The van der Waals surface area contributed by atoms with E-state index in [0.717, 1.165) is 42.9 Å². The number of rotatable bonds is 8. The van der Waals surface area contributed by atoms with E-state index in [-0.39, 0.29) is 30.1 Å². The summed E-state index contributed by atoms with van der Waals surface area (Å²) in [5, 5.41) is 9.29. The number of halogens is 1. The summed E-state index contributed by atoms with van der Waals surface area (Å²) >= 11 is 0. The first-order valence-electron chi connectivity index (χ1n) is 9.70. The summed E-state index contributed by atoms with van der Waals surface area (Å²) in [5.41, 5.74) is 1.70.